The van der Waals surface area contributed by atoms with Crippen molar-refractivity contribution >= 4 is 23.3 Å². The summed E-state index contributed by atoms with van der Waals surface area (Å²) in [5, 5.41) is 25.9. The molecule has 10 heteroatoms. The van der Waals surface area contributed by atoms with Crippen LogP contribution in [0.1, 0.15) is 36.4 Å². The Kier molecular flexibility index (Phi) is 8.03. The van der Waals surface area contributed by atoms with E-state index in [0.717, 1.165) is 12.1 Å². The van der Waals surface area contributed by atoms with Crippen LogP contribution in [0.15, 0.2) is 71.3 Å². The van der Waals surface area contributed by atoms with Crippen LogP contribution >= 0.6 is 0 Å². The number of rotatable bonds is 8. The molecule has 0 saturated heterocycles. The lowest BCUT2D eigenvalue weighted by Crippen LogP contribution is -2.31. The van der Waals surface area contributed by atoms with Gasteiger partial charge >= 0.3 is 0 Å². The Hall–Kier alpha value is -5.01. The Morgan fingerprint density at radius 3 is 2.56 bits per heavy atom. The van der Waals surface area contributed by atoms with Gasteiger partial charge in [0.25, 0.3) is 5.91 Å². The van der Waals surface area contributed by atoms with Gasteiger partial charge in [-0.2, -0.15) is 5.26 Å². The van der Waals surface area contributed by atoms with Crippen LogP contribution in [0.25, 0.3) is 22.4 Å². The highest BCUT2D eigenvalue weighted by Gasteiger charge is 2.21. The van der Waals surface area contributed by atoms with Crippen molar-refractivity contribution in [1.82, 2.24) is 4.98 Å². The molecule has 4 aromatic rings. The largest absolute Gasteiger partial charge is 0.507 e. The van der Waals surface area contributed by atoms with Crippen LogP contribution in [0.3, 0.4) is 0 Å². The van der Waals surface area contributed by atoms with Crippen molar-refractivity contribution in [3.05, 3.63) is 84.1 Å². The smallest absolute Gasteiger partial charge is 0.292 e. The highest BCUT2D eigenvalue weighted by molar-refractivity contribution is 6.03. The van der Waals surface area contributed by atoms with Crippen molar-refractivity contribution < 1.29 is 23.5 Å². The maximum atomic E-state index is 13.7. The molecular weight excluding hydrogens is 501 g/mol. The third kappa shape index (κ3) is 6.29. The van der Waals surface area contributed by atoms with Crippen molar-refractivity contribution in [2.45, 2.75) is 26.3 Å². The molecule has 9 nitrogen and oxygen atoms in total. The predicted molar refractivity (Wildman–Crippen MR) is 144 cm³/mol. The second-order valence-electron chi connectivity index (χ2n) is 9.22. The summed E-state index contributed by atoms with van der Waals surface area (Å²) in [6.45, 7) is 3.87. The summed E-state index contributed by atoms with van der Waals surface area (Å²) in [5.74, 6) is -1.87. The number of phenols is 1. The highest BCUT2D eigenvalue weighted by atomic mass is 19.1. The molecule has 2 aromatic carbocycles. The fourth-order valence-corrected chi connectivity index (χ4v) is 3.84. The number of nitrogens with one attached hydrogen (secondary N) is 2. The molecule has 2 aromatic heterocycles. The monoisotopic (exact) mass is 527 g/mol. The summed E-state index contributed by atoms with van der Waals surface area (Å²) in [6.07, 6.45) is 1.47. The number of aromatic nitrogens is 1. The number of phenolic OH excluding ortho intramolecular Hbond substituents is 1. The minimum absolute atomic E-state index is 0.00147. The molecule has 0 spiro atoms. The van der Waals surface area contributed by atoms with E-state index in [1.807, 2.05) is 13.8 Å². The predicted octanol–water partition coefficient (Wildman–Crippen LogP) is 5.29. The number of nitriles is 1. The van der Waals surface area contributed by atoms with Crippen molar-refractivity contribution in [1.29, 1.82) is 5.26 Å². The number of amides is 2. The van der Waals surface area contributed by atoms with Gasteiger partial charge in [-0.1, -0.05) is 26.0 Å². The number of pyridine rings is 1. The Bertz CT molecular complexity index is 1560. The molecule has 1 atom stereocenters. The number of hydrogen-bond donors (Lipinski definition) is 4. The normalized spacial score (nSPS) is 11.6. The van der Waals surface area contributed by atoms with Gasteiger partial charge in [0.1, 0.15) is 23.2 Å². The number of hydrogen-bond acceptors (Lipinski definition) is 7. The van der Waals surface area contributed by atoms with Crippen molar-refractivity contribution in [2.24, 2.45) is 11.7 Å². The molecule has 0 aliphatic carbocycles. The number of furan rings is 1. The van der Waals surface area contributed by atoms with E-state index in [0.29, 0.717) is 16.8 Å². The van der Waals surface area contributed by atoms with Crippen LogP contribution in [-0.4, -0.2) is 27.9 Å². The molecule has 39 heavy (non-hydrogen) atoms. The van der Waals surface area contributed by atoms with E-state index in [1.54, 1.807) is 36.4 Å². The first kappa shape index (κ1) is 27.0. The second kappa shape index (κ2) is 11.6. The van der Waals surface area contributed by atoms with Gasteiger partial charge in [-0.3, -0.25) is 9.59 Å². The fourth-order valence-electron chi connectivity index (χ4n) is 3.84. The van der Waals surface area contributed by atoms with Gasteiger partial charge in [0, 0.05) is 35.3 Å². The van der Waals surface area contributed by atoms with Gasteiger partial charge < -0.3 is 25.9 Å². The summed E-state index contributed by atoms with van der Waals surface area (Å²) < 4.78 is 18.8. The van der Waals surface area contributed by atoms with Crippen LogP contribution in [0, 0.1) is 23.1 Å². The molecule has 1 unspecified atom stereocenters. The first-order valence-corrected chi connectivity index (χ1v) is 12.1. The Morgan fingerprint density at radius 1 is 1.10 bits per heavy atom. The van der Waals surface area contributed by atoms with Gasteiger partial charge in [0.15, 0.2) is 11.6 Å². The molecular formula is C29H26FN5O4. The molecule has 0 bridgehead atoms. The molecule has 198 valence electrons. The highest BCUT2D eigenvalue weighted by Crippen LogP contribution is 2.36. The van der Waals surface area contributed by atoms with E-state index in [-0.39, 0.29) is 58.4 Å². The number of anilines is 2. The third-order valence-electron chi connectivity index (χ3n) is 6.08. The number of aromatic hydroxyl groups is 1. The lowest BCUT2D eigenvalue weighted by molar-refractivity contribution is -0.116. The van der Waals surface area contributed by atoms with Crippen molar-refractivity contribution in [3.8, 4) is 34.2 Å². The minimum Gasteiger partial charge on any atom is -0.507 e. The zero-order valence-corrected chi connectivity index (χ0v) is 21.2. The van der Waals surface area contributed by atoms with Gasteiger partial charge in [-0.05, 0) is 53.9 Å². The number of halogens is 1. The van der Waals surface area contributed by atoms with Crippen molar-refractivity contribution in [2.75, 3.05) is 10.6 Å². The van der Waals surface area contributed by atoms with E-state index in [1.165, 1.54) is 18.4 Å². The average Bonchev–Trinajstić information content (AvgIpc) is 3.43. The van der Waals surface area contributed by atoms with E-state index in [9.17, 15) is 24.3 Å². The van der Waals surface area contributed by atoms with Crippen LogP contribution in [0.5, 0.6) is 5.75 Å². The third-order valence-corrected chi connectivity index (χ3v) is 6.08. The summed E-state index contributed by atoms with van der Waals surface area (Å²) in [4.78, 5) is 29.7. The zero-order valence-electron chi connectivity index (χ0n) is 21.2. The lowest BCUT2D eigenvalue weighted by Gasteiger charge is -2.16. The summed E-state index contributed by atoms with van der Waals surface area (Å²) in [7, 11) is 0. The van der Waals surface area contributed by atoms with Gasteiger partial charge in [0.2, 0.25) is 5.91 Å². The molecule has 2 amide bonds. The average molecular weight is 528 g/mol. The molecule has 0 saturated carbocycles. The fraction of sp³-hybridized carbons (Fsp3) is 0.172. The zero-order chi connectivity index (χ0) is 28.1. The van der Waals surface area contributed by atoms with Gasteiger partial charge in [-0.25, -0.2) is 9.37 Å². The van der Waals surface area contributed by atoms with Gasteiger partial charge in [0.05, 0.1) is 12.0 Å². The molecule has 0 aliphatic rings. The molecule has 0 radical (unpaired) electrons. The van der Waals surface area contributed by atoms with E-state index >= 15 is 0 Å². The number of nitrogens with zero attached hydrogens (tertiary/aromatic N) is 2. The molecule has 0 fully saturated rings. The van der Waals surface area contributed by atoms with Crippen LogP contribution in [-0.2, 0) is 4.79 Å². The lowest BCUT2D eigenvalue weighted by atomic mass is 9.97. The SMILES string of the molecule is CC(C)C(N)CC(=O)Nc1cccc(-c2cc(-c3ccc(F)cc3O)nc(NC(=O)c3ccco3)c2C#N)c1. The molecule has 5 N–H and O–H groups in total. The first-order valence-electron chi connectivity index (χ1n) is 12.1. The van der Waals surface area contributed by atoms with E-state index in [2.05, 4.69) is 21.7 Å². The standard InChI is InChI=1S/C29H26FN5O4/c1-16(2)23(32)14-27(37)33-19-6-3-5-17(11-19)21-13-24(20-9-8-18(30)12-25(20)36)34-28(22(21)15-31)35-29(38)26-7-4-10-39-26/h3-13,16,23,36H,14,32H2,1-2H3,(H,33,37)(H,34,35,38). The Morgan fingerprint density at radius 2 is 1.90 bits per heavy atom. The maximum Gasteiger partial charge on any atom is 0.292 e. The van der Waals surface area contributed by atoms with Crippen LogP contribution in [0.4, 0.5) is 15.9 Å². The number of carbonyl (C=O) groups is 2. The van der Waals surface area contributed by atoms with Crippen molar-refractivity contribution in [3.63, 3.8) is 0 Å². The van der Waals surface area contributed by atoms with E-state index in [4.69, 9.17) is 10.2 Å². The number of carbonyl (C=O) groups excluding carboxylic acids is 2. The van der Waals surface area contributed by atoms with Gasteiger partial charge in [-0.15, -0.1) is 0 Å². The van der Waals surface area contributed by atoms with Crippen LogP contribution < -0.4 is 16.4 Å². The Balaban J connectivity index is 1.80. The quantitative estimate of drug-likeness (QED) is 0.243. The maximum absolute atomic E-state index is 13.7. The summed E-state index contributed by atoms with van der Waals surface area (Å²) >= 11 is 0. The topological polar surface area (TPSA) is 154 Å². The number of nitrogens with two attached hydrogens (primary N) is 1. The summed E-state index contributed by atoms with van der Waals surface area (Å²) in [5.41, 5.74) is 7.77. The van der Waals surface area contributed by atoms with E-state index < -0.39 is 11.7 Å². The molecule has 4 rings (SSSR count). The Labute approximate surface area is 224 Å². The first-order chi connectivity index (χ1) is 18.7. The number of benzene rings is 2. The minimum atomic E-state index is -0.642. The molecule has 2 heterocycles. The molecule has 0 aliphatic heterocycles. The van der Waals surface area contributed by atoms with Crippen LogP contribution in [0.2, 0.25) is 0 Å². The second-order valence-corrected chi connectivity index (χ2v) is 9.22. The summed E-state index contributed by atoms with van der Waals surface area (Å²) in [6, 6.07) is 16.5.